The van der Waals surface area contributed by atoms with Crippen LogP contribution in [0.3, 0.4) is 0 Å². The Labute approximate surface area is 149 Å². The maximum Gasteiger partial charge on any atom is 0.237 e. The average Bonchev–Trinajstić information content (AvgIpc) is 2.98. The summed E-state index contributed by atoms with van der Waals surface area (Å²) in [6.45, 7) is 6.48. The molecule has 1 amide bonds. The summed E-state index contributed by atoms with van der Waals surface area (Å²) < 4.78 is 10.7. The lowest BCUT2D eigenvalue weighted by atomic mass is 9.87. The molecule has 6 heteroatoms. The Hall–Kier alpha value is -2.21. The summed E-state index contributed by atoms with van der Waals surface area (Å²) in [6.07, 6.45) is 1.65. The van der Waals surface area contributed by atoms with Gasteiger partial charge >= 0.3 is 0 Å². The number of nitrogens with two attached hydrogens (primary N) is 1. The van der Waals surface area contributed by atoms with Crippen molar-refractivity contribution < 1.29 is 14.3 Å². The Balaban J connectivity index is 1.94. The standard InChI is InChI=1S/C19H29N3O3/c1-19(2,3)17(20)18(23)21-8-6-7-12-9-14-15(22-12)10-13(24-4)11-16(14)25-5/h9-11,17,22H,6-8,20H2,1-5H3,(H,21,23)/t17-/m1/s1. The Morgan fingerprint density at radius 2 is 1.96 bits per heavy atom. The number of hydrogen-bond donors (Lipinski definition) is 3. The Morgan fingerprint density at radius 3 is 2.56 bits per heavy atom. The molecule has 25 heavy (non-hydrogen) atoms. The molecule has 0 aliphatic heterocycles. The third-order valence-corrected chi connectivity index (χ3v) is 4.32. The number of aryl methyl sites for hydroxylation is 1. The Morgan fingerprint density at radius 1 is 1.24 bits per heavy atom. The third-order valence-electron chi connectivity index (χ3n) is 4.32. The van der Waals surface area contributed by atoms with Gasteiger partial charge in [-0.1, -0.05) is 20.8 Å². The van der Waals surface area contributed by atoms with Gasteiger partial charge in [-0.25, -0.2) is 0 Å². The molecule has 2 rings (SSSR count). The van der Waals surface area contributed by atoms with Gasteiger partial charge in [0.15, 0.2) is 0 Å². The summed E-state index contributed by atoms with van der Waals surface area (Å²) in [5.41, 5.74) is 7.78. The van der Waals surface area contributed by atoms with Gasteiger partial charge in [0.25, 0.3) is 0 Å². The predicted octanol–water partition coefficient (Wildman–Crippen LogP) is 2.61. The quantitative estimate of drug-likeness (QED) is 0.672. The van der Waals surface area contributed by atoms with Crippen LogP contribution in [0.4, 0.5) is 0 Å². The van der Waals surface area contributed by atoms with Crippen molar-refractivity contribution in [1.29, 1.82) is 0 Å². The van der Waals surface area contributed by atoms with E-state index < -0.39 is 6.04 Å². The van der Waals surface area contributed by atoms with E-state index in [1.807, 2.05) is 32.9 Å². The minimum atomic E-state index is -0.502. The molecule has 0 fully saturated rings. The van der Waals surface area contributed by atoms with E-state index in [1.54, 1.807) is 14.2 Å². The van der Waals surface area contributed by atoms with Crippen LogP contribution >= 0.6 is 0 Å². The molecule has 0 saturated heterocycles. The van der Waals surface area contributed by atoms with Crippen molar-refractivity contribution in [2.75, 3.05) is 20.8 Å². The zero-order valence-corrected chi connectivity index (χ0v) is 15.7. The first-order valence-electron chi connectivity index (χ1n) is 8.53. The molecular weight excluding hydrogens is 318 g/mol. The molecule has 6 nitrogen and oxygen atoms in total. The van der Waals surface area contributed by atoms with Crippen molar-refractivity contribution in [3.8, 4) is 11.5 Å². The van der Waals surface area contributed by atoms with Crippen LogP contribution in [-0.2, 0) is 11.2 Å². The van der Waals surface area contributed by atoms with E-state index in [1.165, 1.54) is 0 Å². The average molecular weight is 347 g/mol. The van der Waals surface area contributed by atoms with Crippen LogP contribution in [0, 0.1) is 5.41 Å². The summed E-state index contributed by atoms with van der Waals surface area (Å²) in [4.78, 5) is 15.4. The molecule has 0 saturated carbocycles. The fraction of sp³-hybridized carbons (Fsp3) is 0.526. The molecule has 138 valence electrons. The molecule has 0 aliphatic carbocycles. The maximum atomic E-state index is 12.0. The number of amides is 1. The molecule has 0 bridgehead atoms. The highest BCUT2D eigenvalue weighted by molar-refractivity contribution is 5.88. The van der Waals surface area contributed by atoms with Gasteiger partial charge in [0.1, 0.15) is 11.5 Å². The number of nitrogens with one attached hydrogen (secondary N) is 2. The molecule has 0 unspecified atom stereocenters. The van der Waals surface area contributed by atoms with E-state index in [2.05, 4.69) is 16.4 Å². The molecule has 2 aromatic rings. The fourth-order valence-electron chi connectivity index (χ4n) is 2.65. The van der Waals surface area contributed by atoms with Gasteiger partial charge in [0.05, 0.1) is 25.8 Å². The number of methoxy groups -OCH3 is 2. The molecular formula is C19H29N3O3. The molecule has 1 aromatic heterocycles. The number of fused-ring (bicyclic) bond motifs is 1. The van der Waals surface area contributed by atoms with Gasteiger partial charge in [-0.15, -0.1) is 0 Å². The highest BCUT2D eigenvalue weighted by Crippen LogP contribution is 2.31. The van der Waals surface area contributed by atoms with Crippen LogP contribution in [0.1, 0.15) is 32.9 Å². The highest BCUT2D eigenvalue weighted by atomic mass is 16.5. The van der Waals surface area contributed by atoms with Crippen molar-refractivity contribution in [1.82, 2.24) is 10.3 Å². The van der Waals surface area contributed by atoms with Crippen LogP contribution in [-0.4, -0.2) is 37.7 Å². The second-order valence-corrected chi connectivity index (χ2v) is 7.32. The van der Waals surface area contributed by atoms with Crippen molar-refractivity contribution in [3.05, 3.63) is 23.9 Å². The maximum absolute atomic E-state index is 12.0. The van der Waals surface area contributed by atoms with E-state index in [4.69, 9.17) is 15.2 Å². The number of ether oxygens (including phenoxy) is 2. The number of benzene rings is 1. The first-order valence-corrected chi connectivity index (χ1v) is 8.53. The zero-order valence-electron chi connectivity index (χ0n) is 15.7. The molecule has 0 radical (unpaired) electrons. The summed E-state index contributed by atoms with van der Waals surface area (Å²) in [5.74, 6) is 1.43. The molecule has 1 aromatic carbocycles. The predicted molar refractivity (Wildman–Crippen MR) is 100 cm³/mol. The van der Waals surface area contributed by atoms with E-state index in [0.29, 0.717) is 6.54 Å². The SMILES string of the molecule is COc1cc(OC)c2cc(CCCNC(=O)[C@@H](N)C(C)(C)C)[nH]c2c1. The first-order chi connectivity index (χ1) is 11.8. The highest BCUT2D eigenvalue weighted by Gasteiger charge is 2.26. The molecule has 1 heterocycles. The second kappa shape index (κ2) is 7.78. The Kier molecular flexibility index (Phi) is 5.95. The normalized spacial score (nSPS) is 12.9. The van der Waals surface area contributed by atoms with E-state index in [-0.39, 0.29) is 11.3 Å². The third kappa shape index (κ3) is 4.66. The van der Waals surface area contributed by atoms with Gasteiger partial charge in [-0.3, -0.25) is 4.79 Å². The lowest BCUT2D eigenvalue weighted by Crippen LogP contribution is -2.48. The molecule has 4 N–H and O–H groups in total. The molecule has 0 spiro atoms. The lowest BCUT2D eigenvalue weighted by molar-refractivity contribution is -0.124. The van der Waals surface area contributed by atoms with Gasteiger partial charge in [0, 0.05) is 29.8 Å². The summed E-state index contributed by atoms with van der Waals surface area (Å²) >= 11 is 0. The minimum Gasteiger partial charge on any atom is -0.497 e. The Bertz CT molecular complexity index is 731. The van der Waals surface area contributed by atoms with Gasteiger partial charge in [0.2, 0.25) is 5.91 Å². The van der Waals surface area contributed by atoms with Crippen LogP contribution in [0.5, 0.6) is 11.5 Å². The van der Waals surface area contributed by atoms with E-state index >= 15 is 0 Å². The van der Waals surface area contributed by atoms with Crippen LogP contribution in [0.2, 0.25) is 0 Å². The minimum absolute atomic E-state index is 0.101. The van der Waals surface area contributed by atoms with E-state index in [9.17, 15) is 4.79 Å². The summed E-state index contributed by atoms with van der Waals surface area (Å²) in [5, 5.41) is 3.94. The van der Waals surface area contributed by atoms with Gasteiger partial charge < -0.3 is 25.5 Å². The summed E-state index contributed by atoms with van der Waals surface area (Å²) in [7, 11) is 3.28. The number of aromatic nitrogens is 1. The topological polar surface area (TPSA) is 89.4 Å². The van der Waals surface area contributed by atoms with Crippen molar-refractivity contribution in [2.24, 2.45) is 11.1 Å². The second-order valence-electron chi connectivity index (χ2n) is 7.32. The largest absolute Gasteiger partial charge is 0.497 e. The van der Waals surface area contributed by atoms with Crippen molar-refractivity contribution >= 4 is 16.8 Å². The number of carbonyl (C=O) groups excluding carboxylic acids is 1. The number of aromatic amines is 1. The zero-order chi connectivity index (χ0) is 18.6. The molecule has 1 atom stereocenters. The number of rotatable bonds is 7. The molecule has 0 aliphatic rings. The number of carbonyl (C=O) groups is 1. The van der Waals surface area contributed by atoms with Gasteiger partial charge in [-0.05, 0) is 24.3 Å². The van der Waals surface area contributed by atoms with E-state index in [0.717, 1.165) is 40.9 Å². The van der Waals surface area contributed by atoms with Crippen molar-refractivity contribution in [3.63, 3.8) is 0 Å². The smallest absolute Gasteiger partial charge is 0.237 e. The lowest BCUT2D eigenvalue weighted by Gasteiger charge is -2.25. The van der Waals surface area contributed by atoms with Crippen molar-refractivity contribution in [2.45, 2.75) is 39.7 Å². The monoisotopic (exact) mass is 347 g/mol. The fourth-order valence-corrected chi connectivity index (χ4v) is 2.65. The summed E-state index contributed by atoms with van der Waals surface area (Å²) in [6, 6.07) is 5.40. The van der Waals surface area contributed by atoms with Crippen LogP contribution < -0.4 is 20.5 Å². The van der Waals surface area contributed by atoms with Crippen LogP contribution in [0.25, 0.3) is 10.9 Å². The number of hydrogen-bond acceptors (Lipinski definition) is 4. The van der Waals surface area contributed by atoms with Crippen LogP contribution in [0.15, 0.2) is 18.2 Å². The number of H-pyrrole nitrogens is 1. The van der Waals surface area contributed by atoms with Gasteiger partial charge in [-0.2, -0.15) is 0 Å². The first kappa shape index (κ1) is 19.1.